The van der Waals surface area contributed by atoms with Gasteiger partial charge in [0, 0.05) is 27.1 Å². The SMILES string of the molecule is COC(=O)/C=C(\C(=O)OC)N1C=Cc2c(Br)cccc2C1c1c(-c2ccccc2)[nH]c2ccccc12. The third-order valence-corrected chi connectivity index (χ3v) is 6.96. The van der Waals surface area contributed by atoms with Crippen molar-refractivity contribution in [2.24, 2.45) is 0 Å². The first-order valence-electron chi connectivity index (χ1n) is 11.3. The van der Waals surface area contributed by atoms with Crippen LogP contribution in [-0.2, 0) is 19.1 Å². The predicted molar refractivity (Wildman–Crippen MR) is 143 cm³/mol. The van der Waals surface area contributed by atoms with Crippen LogP contribution >= 0.6 is 15.9 Å². The number of carbonyl (C=O) groups is 2. The summed E-state index contributed by atoms with van der Waals surface area (Å²) in [5, 5.41) is 1.01. The Kier molecular flexibility index (Phi) is 6.48. The highest BCUT2D eigenvalue weighted by atomic mass is 79.9. The monoisotopic (exact) mass is 542 g/mol. The summed E-state index contributed by atoms with van der Waals surface area (Å²) in [4.78, 5) is 30.7. The van der Waals surface area contributed by atoms with Gasteiger partial charge in [-0.3, -0.25) is 0 Å². The molecule has 6 nitrogen and oxygen atoms in total. The van der Waals surface area contributed by atoms with Gasteiger partial charge in [-0.25, -0.2) is 9.59 Å². The van der Waals surface area contributed by atoms with Crippen LogP contribution in [0.4, 0.5) is 0 Å². The van der Waals surface area contributed by atoms with Crippen molar-refractivity contribution < 1.29 is 19.1 Å². The number of esters is 2. The van der Waals surface area contributed by atoms with Gasteiger partial charge in [0.2, 0.25) is 0 Å². The molecule has 0 saturated heterocycles. The van der Waals surface area contributed by atoms with Crippen LogP contribution in [0, 0.1) is 0 Å². The number of aromatic nitrogens is 1. The van der Waals surface area contributed by atoms with E-state index in [0.717, 1.165) is 43.3 Å². The fourth-order valence-electron chi connectivity index (χ4n) is 4.67. The third kappa shape index (κ3) is 4.12. The molecule has 2 heterocycles. The van der Waals surface area contributed by atoms with E-state index in [9.17, 15) is 9.59 Å². The van der Waals surface area contributed by atoms with Crippen LogP contribution < -0.4 is 0 Å². The molecule has 0 amide bonds. The Labute approximate surface area is 217 Å². The quantitative estimate of drug-likeness (QED) is 0.240. The Balaban J connectivity index is 1.84. The molecule has 0 spiro atoms. The van der Waals surface area contributed by atoms with Crippen molar-refractivity contribution in [1.82, 2.24) is 9.88 Å². The second kappa shape index (κ2) is 9.87. The Morgan fingerprint density at radius 2 is 1.69 bits per heavy atom. The number of hydrogen-bond donors (Lipinski definition) is 1. The van der Waals surface area contributed by atoms with E-state index < -0.39 is 18.0 Å². The van der Waals surface area contributed by atoms with Gasteiger partial charge >= 0.3 is 11.9 Å². The summed E-state index contributed by atoms with van der Waals surface area (Å²) in [5.41, 5.74) is 5.90. The van der Waals surface area contributed by atoms with Crippen molar-refractivity contribution in [3.05, 3.63) is 112 Å². The number of fused-ring (bicyclic) bond motifs is 2. The van der Waals surface area contributed by atoms with Gasteiger partial charge in [-0.15, -0.1) is 0 Å². The van der Waals surface area contributed by atoms with Gasteiger partial charge in [-0.1, -0.05) is 76.6 Å². The zero-order chi connectivity index (χ0) is 25.2. The number of aromatic amines is 1. The van der Waals surface area contributed by atoms with Gasteiger partial charge in [-0.2, -0.15) is 0 Å². The van der Waals surface area contributed by atoms with Crippen LogP contribution in [0.5, 0.6) is 0 Å². The Morgan fingerprint density at radius 1 is 0.944 bits per heavy atom. The van der Waals surface area contributed by atoms with Crippen LogP contribution in [0.2, 0.25) is 0 Å². The highest BCUT2D eigenvalue weighted by molar-refractivity contribution is 9.10. The number of benzene rings is 3. The average molecular weight is 543 g/mol. The predicted octanol–water partition coefficient (Wildman–Crippen LogP) is 6.20. The van der Waals surface area contributed by atoms with Crippen molar-refractivity contribution in [1.29, 1.82) is 0 Å². The van der Waals surface area contributed by atoms with E-state index in [1.165, 1.54) is 20.3 Å². The first kappa shape index (κ1) is 23.6. The lowest BCUT2D eigenvalue weighted by Crippen LogP contribution is -2.32. The molecule has 1 aliphatic rings. The van der Waals surface area contributed by atoms with Crippen molar-refractivity contribution in [2.75, 3.05) is 14.2 Å². The smallest absolute Gasteiger partial charge is 0.354 e. The molecule has 1 unspecified atom stereocenters. The molecule has 1 aromatic heterocycles. The maximum Gasteiger partial charge on any atom is 0.354 e. The van der Waals surface area contributed by atoms with Crippen LogP contribution in [0.3, 0.4) is 0 Å². The molecule has 0 aliphatic carbocycles. The molecule has 0 radical (unpaired) electrons. The van der Waals surface area contributed by atoms with E-state index in [1.807, 2.05) is 72.8 Å². The third-order valence-electron chi connectivity index (χ3n) is 6.27. The molecule has 1 aliphatic heterocycles. The molecule has 4 aromatic rings. The summed E-state index contributed by atoms with van der Waals surface area (Å²) < 4.78 is 10.9. The average Bonchev–Trinajstić information content (AvgIpc) is 3.30. The normalized spacial score (nSPS) is 15.0. The molecule has 0 fully saturated rings. The number of hydrogen-bond acceptors (Lipinski definition) is 5. The number of rotatable bonds is 5. The lowest BCUT2D eigenvalue weighted by Gasteiger charge is -2.36. The van der Waals surface area contributed by atoms with E-state index in [2.05, 4.69) is 27.0 Å². The maximum atomic E-state index is 13.0. The zero-order valence-electron chi connectivity index (χ0n) is 19.7. The maximum absolute atomic E-state index is 13.0. The van der Waals surface area contributed by atoms with E-state index >= 15 is 0 Å². The molecule has 0 bridgehead atoms. The molecule has 7 heteroatoms. The summed E-state index contributed by atoms with van der Waals surface area (Å²) in [7, 11) is 2.57. The summed E-state index contributed by atoms with van der Waals surface area (Å²) in [5.74, 6) is -1.29. The van der Waals surface area contributed by atoms with Gasteiger partial charge < -0.3 is 19.4 Å². The Morgan fingerprint density at radius 3 is 2.44 bits per heavy atom. The summed E-state index contributed by atoms with van der Waals surface area (Å²) >= 11 is 3.68. The topological polar surface area (TPSA) is 71.6 Å². The lowest BCUT2D eigenvalue weighted by molar-refractivity contribution is -0.139. The fourth-order valence-corrected chi connectivity index (χ4v) is 5.18. The molecule has 3 aromatic carbocycles. The highest BCUT2D eigenvalue weighted by Crippen LogP contribution is 2.46. The molecule has 5 rings (SSSR count). The van der Waals surface area contributed by atoms with Crippen LogP contribution in [0.25, 0.3) is 28.2 Å². The van der Waals surface area contributed by atoms with Crippen LogP contribution in [0.1, 0.15) is 22.7 Å². The molecule has 1 atom stereocenters. The van der Waals surface area contributed by atoms with Gasteiger partial charge in [0.25, 0.3) is 0 Å². The second-order valence-electron chi connectivity index (χ2n) is 8.24. The molecule has 36 heavy (non-hydrogen) atoms. The molecule has 180 valence electrons. The fraction of sp³-hybridized carbons (Fsp3) is 0.103. The van der Waals surface area contributed by atoms with Crippen LogP contribution in [0.15, 0.2) is 95.2 Å². The van der Waals surface area contributed by atoms with Crippen molar-refractivity contribution >= 4 is 44.8 Å². The van der Waals surface area contributed by atoms with E-state index in [-0.39, 0.29) is 5.70 Å². The number of nitrogens with zero attached hydrogens (tertiary/aromatic N) is 1. The van der Waals surface area contributed by atoms with Gasteiger partial charge in [0.15, 0.2) is 0 Å². The number of carbonyl (C=O) groups excluding carboxylic acids is 2. The largest absolute Gasteiger partial charge is 0.466 e. The summed E-state index contributed by atoms with van der Waals surface area (Å²) in [6.45, 7) is 0. The van der Waals surface area contributed by atoms with Crippen molar-refractivity contribution in [2.45, 2.75) is 6.04 Å². The minimum atomic E-state index is -0.648. The minimum Gasteiger partial charge on any atom is -0.466 e. The van der Waals surface area contributed by atoms with Crippen LogP contribution in [-0.4, -0.2) is 36.0 Å². The Bertz CT molecular complexity index is 1520. The molecule has 1 N–H and O–H groups in total. The van der Waals surface area contributed by atoms with Gasteiger partial charge in [-0.05, 0) is 34.9 Å². The summed E-state index contributed by atoms with van der Waals surface area (Å²) in [6, 6.07) is 23.6. The van der Waals surface area contributed by atoms with Crippen molar-refractivity contribution in [3.63, 3.8) is 0 Å². The number of nitrogens with one attached hydrogen (secondary N) is 1. The zero-order valence-corrected chi connectivity index (χ0v) is 21.3. The van der Waals surface area contributed by atoms with Gasteiger partial charge in [0.05, 0.1) is 32.0 Å². The Hall–Kier alpha value is -4.10. The number of methoxy groups -OCH3 is 2. The van der Waals surface area contributed by atoms with Crippen molar-refractivity contribution in [3.8, 4) is 11.3 Å². The second-order valence-corrected chi connectivity index (χ2v) is 9.09. The molecule has 0 saturated carbocycles. The van der Waals surface area contributed by atoms with E-state index in [4.69, 9.17) is 9.47 Å². The summed E-state index contributed by atoms with van der Waals surface area (Å²) in [6.07, 6.45) is 4.89. The first-order chi connectivity index (χ1) is 17.5. The number of H-pyrrole nitrogens is 1. The lowest BCUT2D eigenvalue weighted by atomic mass is 9.87. The number of halogens is 1. The molecular weight excluding hydrogens is 520 g/mol. The molecular formula is C29H23BrN2O4. The van der Waals surface area contributed by atoms with Gasteiger partial charge in [0.1, 0.15) is 5.70 Å². The number of ether oxygens (including phenoxy) is 2. The number of para-hydroxylation sites is 1. The standard InChI is InChI=1S/C29H23BrN2O4/c1-35-25(33)17-24(29(34)36-2)32-16-15-19-20(12-8-13-22(19)30)28(32)26-21-11-6-7-14-23(21)31-27(26)18-9-4-3-5-10-18/h3-17,28,31H,1-2H3/b24-17+. The van der Waals surface area contributed by atoms with E-state index in [1.54, 1.807) is 11.1 Å². The first-order valence-corrected chi connectivity index (χ1v) is 12.1. The minimum absolute atomic E-state index is 0.0699. The highest BCUT2D eigenvalue weighted by Gasteiger charge is 2.35. The van der Waals surface area contributed by atoms with E-state index in [0.29, 0.717) is 0 Å².